The lowest BCUT2D eigenvalue weighted by atomic mass is 13.0. The molecule has 9 heavy (non-hydrogen) atoms. The third kappa shape index (κ3) is 4.15. The Morgan fingerprint density at radius 2 is 1.44 bits per heavy atom. The number of halogens is 2. The van der Waals surface area contributed by atoms with Crippen molar-refractivity contribution in [3.63, 3.8) is 0 Å². The van der Waals surface area contributed by atoms with Gasteiger partial charge in [-0.15, -0.1) is 0 Å². The van der Waals surface area contributed by atoms with Gasteiger partial charge in [-0.3, -0.25) is 0 Å². The summed E-state index contributed by atoms with van der Waals surface area (Å²) in [6.45, 7) is 0. The highest BCUT2D eigenvalue weighted by atomic mass is 35.9. The Kier molecular flexibility index (Phi) is 3.47. The van der Waals surface area contributed by atoms with Crippen LogP contribution in [0.4, 0.5) is 0 Å². The van der Waals surface area contributed by atoms with Crippen LogP contribution in [-0.2, 0) is 0 Å². The highest BCUT2D eigenvalue weighted by Crippen LogP contribution is 2.72. The molecule has 0 spiro atoms. The summed E-state index contributed by atoms with van der Waals surface area (Å²) < 4.78 is 0. The minimum absolute atomic E-state index is 2.27. The van der Waals surface area contributed by atoms with Gasteiger partial charge in [-0.25, -0.2) is 0 Å². The summed E-state index contributed by atoms with van der Waals surface area (Å²) in [5.74, 6) is 0. The molecule has 0 aromatic rings. The van der Waals surface area contributed by atoms with Crippen LogP contribution < -0.4 is 0 Å². The third-order valence-corrected chi connectivity index (χ3v) is 1.70. The van der Waals surface area contributed by atoms with Gasteiger partial charge in [0.25, 0.3) is 0 Å². The molecule has 6 nitrogen and oxygen atoms in total. The van der Waals surface area contributed by atoms with Crippen molar-refractivity contribution in [2.75, 3.05) is 0 Å². The van der Waals surface area contributed by atoms with Gasteiger partial charge in [0.05, 0.1) is 0 Å². The quantitative estimate of drug-likeness (QED) is 0.271. The standard InChI is InChI=1S/Cl2N6P/c1-9(2,7-5-3)8-6-4/q+1. The molecule has 0 radical (unpaired) electrons. The second-order valence-corrected chi connectivity index (χ2v) is 5.43. The summed E-state index contributed by atoms with van der Waals surface area (Å²) in [6.07, 6.45) is -3.08. The molecule has 0 amide bonds. The predicted molar refractivity (Wildman–Crippen MR) is 36.9 cm³/mol. The van der Waals surface area contributed by atoms with Crippen molar-refractivity contribution >= 4 is 28.8 Å². The second-order valence-electron chi connectivity index (χ2n) is 0.813. The van der Waals surface area contributed by atoms with E-state index in [4.69, 9.17) is 33.5 Å². The molecular formula is Cl2N6P+. The SMILES string of the molecule is [N-]=[N+]=N[P+](Cl)(Cl)N=[N+]=[N-]. The van der Waals surface area contributed by atoms with E-state index >= 15 is 0 Å². The fourth-order valence-electron chi connectivity index (χ4n) is 0.114. The van der Waals surface area contributed by atoms with Gasteiger partial charge in [0.15, 0.2) is 0 Å². The molecular weight excluding hydrogens is 186 g/mol. The van der Waals surface area contributed by atoms with E-state index in [1.54, 1.807) is 0 Å². The van der Waals surface area contributed by atoms with Crippen LogP contribution in [0.3, 0.4) is 0 Å². The van der Waals surface area contributed by atoms with Crippen LogP contribution >= 0.6 is 28.8 Å². The summed E-state index contributed by atoms with van der Waals surface area (Å²) in [6, 6.07) is 0. The van der Waals surface area contributed by atoms with Gasteiger partial charge in [-0.05, 0) is 11.1 Å². The fourth-order valence-corrected chi connectivity index (χ4v) is 0.705. The number of hydrogen-bond donors (Lipinski definition) is 0. The van der Waals surface area contributed by atoms with E-state index in [-0.39, 0.29) is 0 Å². The highest BCUT2D eigenvalue weighted by Gasteiger charge is 2.34. The van der Waals surface area contributed by atoms with E-state index in [1.807, 2.05) is 0 Å². The molecule has 0 aliphatic heterocycles. The van der Waals surface area contributed by atoms with E-state index in [0.29, 0.717) is 0 Å². The van der Waals surface area contributed by atoms with Crippen molar-refractivity contribution < 1.29 is 0 Å². The van der Waals surface area contributed by atoms with Crippen molar-refractivity contribution in [1.82, 2.24) is 0 Å². The summed E-state index contributed by atoms with van der Waals surface area (Å²) in [4.78, 5) is 10.2. The normalized spacial score (nSPS) is 9.11. The molecule has 0 N–H and O–H groups in total. The second kappa shape index (κ2) is 3.62. The number of rotatable bonds is 2. The minimum atomic E-state index is -3.08. The Hall–Kier alpha value is -0.370. The Morgan fingerprint density at radius 3 is 1.67 bits per heavy atom. The lowest BCUT2D eigenvalue weighted by molar-refractivity contribution is 1.66. The summed E-state index contributed by atoms with van der Waals surface area (Å²) >= 11 is 10.3. The number of azide groups is 1. The monoisotopic (exact) mass is 185 g/mol. The van der Waals surface area contributed by atoms with E-state index in [1.165, 1.54) is 0 Å². The average Bonchev–Trinajstić information content (AvgIpc) is 1.64. The molecule has 0 aliphatic rings. The largest absolute Gasteiger partial charge is 0.429 e. The van der Waals surface area contributed by atoms with E-state index in [2.05, 4.69) is 19.6 Å². The lowest BCUT2D eigenvalue weighted by Gasteiger charge is -1.82. The molecule has 0 unspecified atom stereocenters. The molecule has 0 aromatic carbocycles. The van der Waals surface area contributed by atoms with Gasteiger partial charge in [0, 0.05) is 9.82 Å². The van der Waals surface area contributed by atoms with Crippen LogP contribution in [0.25, 0.3) is 20.9 Å². The first-order valence-corrected chi connectivity index (χ1v) is 5.04. The number of hydrogen-bond acceptors (Lipinski definition) is 2. The number of nitrogens with zero attached hydrogens (tertiary/aromatic N) is 6. The van der Waals surface area contributed by atoms with Crippen molar-refractivity contribution in [3.05, 3.63) is 20.9 Å². The molecule has 0 heterocycles. The maximum Gasteiger partial charge on any atom is 0.429 e. The van der Waals surface area contributed by atoms with Gasteiger partial charge in [0.2, 0.25) is 0 Å². The maximum atomic E-state index is 7.76. The van der Waals surface area contributed by atoms with Gasteiger partial charge >= 0.3 is 6.27 Å². The molecule has 0 aliphatic carbocycles. The molecule has 9 heteroatoms. The van der Waals surface area contributed by atoms with E-state index in [9.17, 15) is 0 Å². The predicted octanol–water partition coefficient (Wildman–Crippen LogP) is 3.76. The van der Waals surface area contributed by atoms with E-state index in [0.717, 1.165) is 0 Å². The first-order valence-electron chi connectivity index (χ1n) is 1.54. The van der Waals surface area contributed by atoms with Crippen molar-refractivity contribution in [3.8, 4) is 0 Å². The van der Waals surface area contributed by atoms with Crippen molar-refractivity contribution in [2.24, 2.45) is 9.77 Å². The Bertz CT molecular complexity index is 163. The molecule has 0 atom stereocenters. The highest BCUT2D eigenvalue weighted by molar-refractivity contribution is 8.15. The topological polar surface area (TPSA) is 97.5 Å². The van der Waals surface area contributed by atoms with Crippen LogP contribution in [0.1, 0.15) is 0 Å². The van der Waals surface area contributed by atoms with Crippen LogP contribution in [0.2, 0.25) is 0 Å². The molecule has 0 saturated carbocycles. The molecule has 48 valence electrons. The van der Waals surface area contributed by atoms with Crippen LogP contribution in [-0.4, -0.2) is 0 Å². The lowest BCUT2D eigenvalue weighted by Crippen LogP contribution is -1.51. The Balaban J connectivity index is 4.36. The van der Waals surface area contributed by atoms with E-state index < -0.39 is 6.27 Å². The Morgan fingerprint density at radius 1 is 1.11 bits per heavy atom. The fraction of sp³-hybridized carbons (Fsp3) is 0. The molecule has 0 bridgehead atoms. The van der Waals surface area contributed by atoms with Gasteiger partial charge in [-0.1, -0.05) is 0 Å². The summed E-state index contributed by atoms with van der Waals surface area (Å²) in [5, 5.41) is 0. The summed E-state index contributed by atoms with van der Waals surface area (Å²) in [7, 11) is 0. The first-order chi connectivity index (χ1) is 4.12. The minimum Gasteiger partial charge on any atom is -0.000222 e. The van der Waals surface area contributed by atoms with Crippen molar-refractivity contribution in [1.29, 1.82) is 0 Å². The zero-order chi connectivity index (χ0) is 7.33. The molecule has 0 saturated heterocycles. The molecule has 0 fully saturated rings. The zero-order valence-corrected chi connectivity index (χ0v) is 6.29. The van der Waals surface area contributed by atoms with Gasteiger partial charge < -0.3 is 0 Å². The zero-order valence-electron chi connectivity index (χ0n) is 3.89. The average molecular weight is 186 g/mol. The van der Waals surface area contributed by atoms with Gasteiger partial charge in [-0.2, -0.15) is 0 Å². The molecule has 0 rings (SSSR count). The maximum absolute atomic E-state index is 7.76. The van der Waals surface area contributed by atoms with Crippen LogP contribution in [0, 0.1) is 0 Å². The Labute approximate surface area is 60.0 Å². The van der Waals surface area contributed by atoms with Gasteiger partial charge in [0.1, 0.15) is 32.3 Å². The van der Waals surface area contributed by atoms with Crippen molar-refractivity contribution in [2.45, 2.75) is 0 Å². The smallest absolute Gasteiger partial charge is 0.000222 e. The third-order valence-electron chi connectivity index (χ3n) is 0.295. The van der Waals surface area contributed by atoms with Crippen LogP contribution in [0.15, 0.2) is 9.77 Å². The molecule has 0 aromatic heterocycles. The first kappa shape index (κ1) is 8.63. The summed E-state index contributed by atoms with van der Waals surface area (Å²) in [5.41, 5.74) is 15.5. The van der Waals surface area contributed by atoms with Crippen LogP contribution in [0.5, 0.6) is 0 Å².